The predicted octanol–water partition coefficient (Wildman–Crippen LogP) is 5.89. The maximum absolute atomic E-state index is 14.1. The fourth-order valence-corrected chi connectivity index (χ4v) is 4.90. The van der Waals surface area contributed by atoms with E-state index in [0.29, 0.717) is 29.2 Å². The number of aryl methyl sites for hydroxylation is 1. The van der Waals surface area contributed by atoms with E-state index in [2.05, 4.69) is 15.4 Å². The third kappa shape index (κ3) is 4.62. The molecule has 2 saturated carbocycles. The predicted molar refractivity (Wildman–Crippen MR) is 110 cm³/mol. The van der Waals surface area contributed by atoms with Gasteiger partial charge >= 0.3 is 6.18 Å². The SMILES string of the molecule is CSc1cc(NC(=O)c2c(C(F)(F)F)c(C3CC3)nn2CC2(C)CC(F)(F)C2)cc(C)n1. The second-order valence-corrected chi connectivity index (χ2v) is 9.88. The van der Waals surface area contributed by atoms with Crippen LogP contribution in [-0.2, 0) is 12.7 Å². The molecule has 2 aliphatic rings. The number of hydrogen-bond acceptors (Lipinski definition) is 4. The summed E-state index contributed by atoms with van der Waals surface area (Å²) >= 11 is 1.33. The first-order chi connectivity index (χ1) is 14.8. The molecule has 1 N–H and O–H groups in total. The van der Waals surface area contributed by atoms with Gasteiger partial charge in [-0.15, -0.1) is 11.8 Å². The number of thioether (sulfide) groups is 1. The Bertz CT molecular complexity index is 1050. The van der Waals surface area contributed by atoms with Crippen molar-refractivity contribution in [2.24, 2.45) is 5.41 Å². The Morgan fingerprint density at radius 1 is 1.28 bits per heavy atom. The van der Waals surface area contributed by atoms with E-state index in [0.717, 1.165) is 4.68 Å². The van der Waals surface area contributed by atoms with E-state index in [9.17, 15) is 26.7 Å². The monoisotopic (exact) mass is 474 g/mol. The zero-order valence-corrected chi connectivity index (χ0v) is 18.6. The van der Waals surface area contributed by atoms with Crippen LogP contribution in [0.4, 0.5) is 27.6 Å². The van der Waals surface area contributed by atoms with Crippen molar-refractivity contribution in [1.82, 2.24) is 14.8 Å². The van der Waals surface area contributed by atoms with E-state index in [1.807, 2.05) is 0 Å². The largest absolute Gasteiger partial charge is 0.420 e. The average molecular weight is 474 g/mol. The molecule has 0 unspecified atom stereocenters. The number of aromatic nitrogens is 3. The number of halogens is 5. The Hall–Kier alpha value is -2.17. The summed E-state index contributed by atoms with van der Waals surface area (Å²) in [6.45, 7) is 3.10. The van der Waals surface area contributed by atoms with E-state index in [4.69, 9.17) is 0 Å². The Morgan fingerprint density at radius 3 is 2.47 bits per heavy atom. The van der Waals surface area contributed by atoms with Gasteiger partial charge < -0.3 is 5.32 Å². The molecule has 2 heterocycles. The van der Waals surface area contributed by atoms with Crippen molar-refractivity contribution in [2.45, 2.75) is 69.1 Å². The molecule has 0 atom stereocenters. The molecule has 0 spiro atoms. The smallest absolute Gasteiger partial charge is 0.320 e. The lowest BCUT2D eigenvalue weighted by molar-refractivity contribution is -0.160. The molecule has 2 aliphatic carbocycles. The van der Waals surface area contributed by atoms with Crippen LogP contribution in [0.3, 0.4) is 0 Å². The average Bonchev–Trinajstić information content (AvgIpc) is 3.39. The normalized spacial score (nSPS) is 19.5. The number of amides is 1. The Kier molecular flexibility index (Phi) is 5.54. The topological polar surface area (TPSA) is 59.8 Å². The summed E-state index contributed by atoms with van der Waals surface area (Å²) in [5.41, 5.74) is -1.90. The van der Waals surface area contributed by atoms with Crippen LogP contribution in [0.1, 0.15) is 66.0 Å². The Labute approximate surface area is 186 Å². The molecule has 0 aliphatic heterocycles. The van der Waals surface area contributed by atoms with Gasteiger partial charge in [0.15, 0.2) is 0 Å². The van der Waals surface area contributed by atoms with Crippen molar-refractivity contribution >= 4 is 23.4 Å². The Morgan fingerprint density at radius 2 is 1.94 bits per heavy atom. The number of rotatable bonds is 6. The van der Waals surface area contributed by atoms with Gasteiger partial charge in [0, 0.05) is 36.7 Å². The van der Waals surface area contributed by atoms with Gasteiger partial charge in [-0.25, -0.2) is 13.8 Å². The number of nitrogens with one attached hydrogen (secondary N) is 1. The zero-order chi connectivity index (χ0) is 23.5. The first-order valence-corrected chi connectivity index (χ1v) is 11.4. The summed E-state index contributed by atoms with van der Waals surface area (Å²) in [5, 5.41) is 7.28. The summed E-state index contributed by atoms with van der Waals surface area (Å²) in [7, 11) is 0. The van der Waals surface area contributed by atoms with Crippen molar-refractivity contribution in [2.75, 3.05) is 11.6 Å². The van der Waals surface area contributed by atoms with Crippen molar-refractivity contribution < 1.29 is 26.7 Å². The molecule has 11 heteroatoms. The van der Waals surface area contributed by atoms with Crippen LogP contribution in [0.5, 0.6) is 0 Å². The maximum Gasteiger partial charge on any atom is 0.420 e. The van der Waals surface area contributed by atoms with Gasteiger partial charge in [0.25, 0.3) is 5.91 Å². The molecule has 1 amide bonds. The van der Waals surface area contributed by atoms with Crippen molar-refractivity contribution in [1.29, 1.82) is 0 Å². The fourth-order valence-electron chi connectivity index (χ4n) is 4.42. The molecule has 0 aromatic carbocycles. The van der Waals surface area contributed by atoms with Gasteiger partial charge in [-0.2, -0.15) is 18.3 Å². The number of pyridine rings is 1. The lowest BCUT2D eigenvalue weighted by Gasteiger charge is -2.44. The van der Waals surface area contributed by atoms with Crippen LogP contribution in [0.15, 0.2) is 17.2 Å². The van der Waals surface area contributed by atoms with Crippen LogP contribution < -0.4 is 5.32 Å². The van der Waals surface area contributed by atoms with Gasteiger partial charge in [0.2, 0.25) is 5.92 Å². The van der Waals surface area contributed by atoms with Gasteiger partial charge in [-0.3, -0.25) is 9.48 Å². The lowest BCUT2D eigenvalue weighted by Crippen LogP contribution is -2.47. The second-order valence-electron chi connectivity index (χ2n) is 9.05. The second kappa shape index (κ2) is 7.71. The van der Waals surface area contributed by atoms with E-state index in [1.54, 1.807) is 32.2 Å². The summed E-state index contributed by atoms with van der Waals surface area (Å²) < 4.78 is 70.2. The van der Waals surface area contributed by atoms with E-state index >= 15 is 0 Å². The molecule has 2 fully saturated rings. The number of carbonyl (C=O) groups excluding carboxylic acids is 1. The number of nitrogens with zero attached hydrogens (tertiary/aromatic N) is 3. The van der Waals surface area contributed by atoms with Gasteiger partial charge in [-0.05, 0) is 43.6 Å². The number of hydrogen-bond donors (Lipinski definition) is 1. The molecule has 0 radical (unpaired) electrons. The van der Waals surface area contributed by atoms with Crippen LogP contribution >= 0.6 is 11.8 Å². The fraction of sp³-hybridized carbons (Fsp3) is 0.571. The molecule has 0 bridgehead atoms. The van der Waals surface area contributed by atoms with Crippen LogP contribution in [0.2, 0.25) is 0 Å². The molecule has 32 heavy (non-hydrogen) atoms. The first-order valence-electron chi connectivity index (χ1n) is 10.2. The molecule has 2 aromatic rings. The molecule has 0 saturated heterocycles. The summed E-state index contributed by atoms with van der Waals surface area (Å²) in [6, 6.07) is 3.13. The Balaban J connectivity index is 1.74. The van der Waals surface area contributed by atoms with Crippen LogP contribution in [0, 0.1) is 12.3 Å². The molecule has 5 nitrogen and oxygen atoms in total. The lowest BCUT2D eigenvalue weighted by atomic mass is 9.67. The standard InChI is InChI=1S/C21H23F5N4OS/c1-11-6-13(7-14(27-11)32-3)28-18(31)17-15(21(24,25)26)16(12-4-5-12)29-30(17)10-19(2)8-20(22,23)9-19/h6-7,12H,4-5,8-10H2,1-3H3,(H,27,28,31). The van der Waals surface area contributed by atoms with E-state index < -0.39 is 47.5 Å². The minimum atomic E-state index is -4.80. The van der Waals surface area contributed by atoms with E-state index in [-0.39, 0.29) is 18.2 Å². The highest BCUT2D eigenvalue weighted by molar-refractivity contribution is 7.98. The minimum Gasteiger partial charge on any atom is -0.320 e. The quantitative estimate of drug-likeness (QED) is 0.419. The number of anilines is 1. The number of carbonyl (C=O) groups is 1. The van der Waals surface area contributed by atoms with Crippen LogP contribution in [-0.4, -0.2) is 32.8 Å². The molecule has 174 valence electrons. The zero-order valence-electron chi connectivity index (χ0n) is 17.8. The molecular weight excluding hydrogens is 451 g/mol. The molecule has 2 aromatic heterocycles. The van der Waals surface area contributed by atoms with Crippen molar-refractivity contribution in [3.63, 3.8) is 0 Å². The maximum atomic E-state index is 14.1. The first kappa shape index (κ1) is 23.0. The highest BCUT2D eigenvalue weighted by Crippen LogP contribution is 2.53. The van der Waals surface area contributed by atoms with E-state index in [1.165, 1.54) is 11.8 Å². The van der Waals surface area contributed by atoms with Gasteiger partial charge in [0.1, 0.15) is 11.3 Å². The summed E-state index contributed by atoms with van der Waals surface area (Å²) in [5.74, 6) is -4.19. The third-order valence-corrected chi connectivity index (χ3v) is 6.37. The van der Waals surface area contributed by atoms with Crippen molar-refractivity contribution in [3.8, 4) is 0 Å². The summed E-state index contributed by atoms with van der Waals surface area (Å²) in [6.07, 6.45) is -2.81. The van der Waals surface area contributed by atoms with Crippen LogP contribution in [0.25, 0.3) is 0 Å². The van der Waals surface area contributed by atoms with Gasteiger partial charge in [0.05, 0.1) is 10.7 Å². The van der Waals surface area contributed by atoms with Crippen molar-refractivity contribution in [3.05, 3.63) is 34.8 Å². The van der Waals surface area contributed by atoms with Gasteiger partial charge in [-0.1, -0.05) is 6.92 Å². The number of alkyl halides is 5. The third-order valence-electron chi connectivity index (χ3n) is 5.74. The minimum absolute atomic E-state index is 0.173. The molecule has 4 rings (SSSR count). The highest BCUT2D eigenvalue weighted by atomic mass is 32.2. The molecular formula is C21H23F5N4OS. The highest BCUT2D eigenvalue weighted by Gasteiger charge is 2.55. The summed E-state index contributed by atoms with van der Waals surface area (Å²) in [4.78, 5) is 17.4.